The van der Waals surface area contributed by atoms with Gasteiger partial charge in [-0.05, 0) is 36.8 Å². The lowest BCUT2D eigenvalue weighted by molar-refractivity contribution is -0.164. The summed E-state index contributed by atoms with van der Waals surface area (Å²) in [4.78, 5) is 24.2. The molecule has 1 heterocycles. The van der Waals surface area contributed by atoms with E-state index in [1.54, 1.807) is 0 Å². The lowest BCUT2D eigenvalue weighted by Crippen LogP contribution is -2.57. The smallest absolute Gasteiger partial charge is 0.304 e. The monoisotopic (exact) mass is 278 g/mol. The lowest BCUT2D eigenvalue weighted by Gasteiger charge is -2.46. The van der Waals surface area contributed by atoms with Crippen LogP contribution in [0.3, 0.4) is 0 Å². The number of Topliss-reactive ketones (excluding diaryl/α,β-unsaturated/α-hetero) is 1. The molecular weight excluding hydrogens is 256 g/mol. The standard InChI is InChI=1S/C16H22O4/c1-10-13(15(3,4)5)14(18)16(10,20-11(2)17)12-8-6-7-9-19-12/h8H,6-7,9H2,1-5H3. The maximum atomic E-state index is 12.7. The molecule has 0 bridgehead atoms. The normalized spacial score (nSPS) is 26.6. The van der Waals surface area contributed by atoms with Gasteiger partial charge in [-0.2, -0.15) is 0 Å². The van der Waals surface area contributed by atoms with Crippen LogP contribution in [0.2, 0.25) is 0 Å². The third-order valence-corrected chi connectivity index (χ3v) is 3.78. The number of ether oxygens (including phenoxy) is 2. The second kappa shape index (κ2) is 4.76. The molecule has 0 aromatic rings. The van der Waals surface area contributed by atoms with Crippen molar-refractivity contribution in [3.8, 4) is 0 Å². The van der Waals surface area contributed by atoms with E-state index in [4.69, 9.17) is 9.47 Å². The van der Waals surface area contributed by atoms with Crippen molar-refractivity contribution in [1.29, 1.82) is 0 Å². The second-order valence-electron chi connectivity index (χ2n) is 6.41. The molecule has 0 aromatic carbocycles. The molecular formula is C16H22O4. The zero-order chi connectivity index (χ0) is 15.1. The summed E-state index contributed by atoms with van der Waals surface area (Å²) in [5.41, 5.74) is -0.0540. The van der Waals surface area contributed by atoms with E-state index in [2.05, 4.69) is 0 Å². The van der Waals surface area contributed by atoms with E-state index in [0.29, 0.717) is 12.4 Å². The molecule has 0 radical (unpaired) electrons. The molecule has 0 aromatic heterocycles. The van der Waals surface area contributed by atoms with Crippen molar-refractivity contribution in [3.63, 3.8) is 0 Å². The fraction of sp³-hybridized carbons (Fsp3) is 0.625. The highest BCUT2D eigenvalue weighted by molar-refractivity contribution is 6.16. The molecule has 20 heavy (non-hydrogen) atoms. The molecule has 4 heteroatoms. The van der Waals surface area contributed by atoms with E-state index >= 15 is 0 Å². The van der Waals surface area contributed by atoms with Crippen molar-refractivity contribution in [3.05, 3.63) is 23.0 Å². The quantitative estimate of drug-likeness (QED) is 0.729. The number of allylic oxidation sites excluding steroid dienone is 1. The Labute approximate surface area is 119 Å². The number of carbonyl (C=O) groups is 2. The summed E-state index contributed by atoms with van der Waals surface area (Å²) in [6, 6.07) is 0. The highest BCUT2D eigenvalue weighted by Gasteiger charge is 2.60. The summed E-state index contributed by atoms with van der Waals surface area (Å²) in [6.07, 6.45) is 3.62. The van der Waals surface area contributed by atoms with E-state index in [1.807, 2.05) is 33.8 Å². The van der Waals surface area contributed by atoms with Crippen molar-refractivity contribution in [2.24, 2.45) is 5.41 Å². The van der Waals surface area contributed by atoms with Gasteiger partial charge in [0, 0.05) is 12.5 Å². The minimum Gasteiger partial charge on any atom is -0.493 e. The molecule has 0 saturated carbocycles. The fourth-order valence-electron chi connectivity index (χ4n) is 3.02. The molecule has 0 amide bonds. The zero-order valence-corrected chi connectivity index (χ0v) is 12.8. The number of carbonyl (C=O) groups excluding carboxylic acids is 2. The number of hydrogen-bond donors (Lipinski definition) is 0. The van der Waals surface area contributed by atoms with E-state index in [-0.39, 0.29) is 11.2 Å². The molecule has 0 spiro atoms. The van der Waals surface area contributed by atoms with Gasteiger partial charge in [0.25, 0.3) is 5.60 Å². The van der Waals surface area contributed by atoms with Gasteiger partial charge in [-0.25, -0.2) is 0 Å². The average Bonchev–Trinajstić information content (AvgIpc) is 2.35. The molecule has 2 aliphatic rings. The van der Waals surface area contributed by atoms with Gasteiger partial charge in [0.1, 0.15) is 5.76 Å². The molecule has 1 aliphatic heterocycles. The molecule has 110 valence electrons. The first kappa shape index (κ1) is 14.8. The van der Waals surface area contributed by atoms with Crippen molar-refractivity contribution in [2.45, 2.75) is 53.1 Å². The van der Waals surface area contributed by atoms with Crippen LogP contribution in [0.25, 0.3) is 0 Å². The zero-order valence-electron chi connectivity index (χ0n) is 12.8. The first-order valence-electron chi connectivity index (χ1n) is 7.01. The number of rotatable bonds is 2. The van der Waals surface area contributed by atoms with E-state index in [9.17, 15) is 9.59 Å². The molecule has 0 saturated heterocycles. The van der Waals surface area contributed by atoms with E-state index in [1.165, 1.54) is 6.92 Å². The van der Waals surface area contributed by atoms with Crippen LogP contribution >= 0.6 is 0 Å². The molecule has 1 unspecified atom stereocenters. The minimum atomic E-state index is -1.31. The van der Waals surface area contributed by atoms with Gasteiger partial charge in [-0.15, -0.1) is 0 Å². The van der Waals surface area contributed by atoms with Gasteiger partial charge in [-0.1, -0.05) is 20.8 Å². The topological polar surface area (TPSA) is 52.6 Å². The first-order chi connectivity index (χ1) is 9.21. The Morgan fingerprint density at radius 1 is 1.40 bits per heavy atom. The summed E-state index contributed by atoms with van der Waals surface area (Å²) in [7, 11) is 0. The van der Waals surface area contributed by atoms with Crippen LogP contribution in [0.5, 0.6) is 0 Å². The predicted molar refractivity (Wildman–Crippen MR) is 74.9 cm³/mol. The van der Waals surface area contributed by atoms with Gasteiger partial charge in [0.2, 0.25) is 5.78 Å². The Bertz CT molecular complexity index is 519. The Morgan fingerprint density at radius 2 is 2.05 bits per heavy atom. The Kier molecular flexibility index (Phi) is 3.53. The van der Waals surface area contributed by atoms with Crippen molar-refractivity contribution < 1.29 is 19.1 Å². The van der Waals surface area contributed by atoms with Crippen LogP contribution in [-0.4, -0.2) is 24.0 Å². The number of esters is 1. The van der Waals surface area contributed by atoms with Crippen LogP contribution in [-0.2, 0) is 19.1 Å². The van der Waals surface area contributed by atoms with E-state index < -0.39 is 11.6 Å². The SMILES string of the molecule is CC(=O)OC1(C2=CCCCO2)C(=O)C(C(C)(C)C)=C1C. The average molecular weight is 278 g/mol. The minimum absolute atomic E-state index is 0.147. The van der Waals surface area contributed by atoms with Gasteiger partial charge >= 0.3 is 5.97 Å². The summed E-state index contributed by atoms with van der Waals surface area (Å²) in [5.74, 6) is -0.138. The van der Waals surface area contributed by atoms with Crippen LogP contribution in [0.1, 0.15) is 47.5 Å². The van der Waals surface area contributed by atoms with Gasteiger partial charge < -0.3 is 9.47 Å². The molecule has 2 rings (SSSR count). The van der Waals surface area contributed by atoms with Crippen LogP contribution in [0, 0.1) is 5.41 Å². The third-order valence-electron chi connectivity index (χ3n) is 3.78. The second-order valence-corrected chi connectivity index (χ2v) is 6.41. The number of ketones is 1. The molecule has 4 nitrogen and oxygen atoms in total. The highest BCUT2D eigenvalue weighted by Crippen LogP contribution is 2.50. The van der Waals surface area contributed by atoms with Crippen molar-refractivity contribution >= 4 is 11.8 Å². The Hall–Kier alpha value is -1.58. The van der Waals surface area contributed by atoms with Gasteiger partial charge in [0.15, 0.2) is 0 Å². The van der Waals surface area contributed by atoms with Crippen LogP contribution < -0.4 is 0 Å². The summed E-state index contributed by atoms with van der Waals surface area (Å²) < 4.78 is 11.0. The first-order valence-corrected chi connectivity index (χ1v) is 7.01. The van der Waals surface area contributed by atoms with E-state index in [0.717, 1.165) is 24.0 Å². The fourth-order valence-corrected chi connectivity index (χ4v) is 3.02. The van der Waals surface area contributed by atoms with Crippen LogP contribution in [0.15, 0.2) is 23.0 Å². The third kappa shape index (κ3) is 2.07. The van der Waals surface area contributed by atoms with Crippen LogP contribution in [0.4, 0.5) is 0 Å². The largest absolute Gasteiger partial charge is 0.493 e. The summed E-state index contributed by atoms with van der Waals surface area (Å²) in [6.45, 7) is 9.68. The Balaban J connectivity index is 2.52. The predicted octanol–water partition coefficient (Wildman–Crippen LogP) is 2.93. The molecule has 0 fully saturated rings. The van der Waals surface area contributed by atoms with Crippen molar-refractivity contribution in [1.82, 2.24) is 0 Å². The van der Waals surface area contributed by atoms with Gasteiger partial charge in [0.05, 0.1) is 6.61 Å². The lowest BCUT2D eigenvalue weighted by atomic mass is 9.62. The summed E-state index contributed by atoms with van der Waals surface area (Å²) in [5, 5.41) is 0. The molecule has 0 N–H and O–H groups in total. The maximum absolute atomic E-state index is 12.7. The molecule has 1 atom stereocenters. The Morgan fingerprint density at radius 3 is 2.45 bits per heavy atom. The summed E-state index contributed by atoms with van der Waals surface area (Å²) >= 11 is 0. The molecule has 1 aliphatic carbocycles. The maximum Gasteiger partial charge on any atom is 0.304 e. The highest BCUT2D eigenvalue weighted by atomic mass is 16.6. The van der Waals surface area contributed by atoms with Gasteiger partial charge in [-0.3, -0.25) is 9.59 Å². The van der Waals surface area contributed by atoms with Crippen molar-refractivity contribution in [2.75, 3.05) is 6.61 Å². The number of hydrogen-bond acceptors (Lipinski definition) is 4.